The molecule has 0 aliphatic carbocycles. The van der Waals surface area contributed by atoms with E-state index in [0.29, 0.717) is 13.0 Å². The number of hydrogen-bond donors (Lipinski definition) is 0. The summed E-state index contributed by atoms with van der Waals surface area (Å²) < 4.78 is 16.9. The Morgan fingerprint density at radius 2 is 1.64 bits per heavy atom. The highest BCUT2D eigenvalue weighted by atomic mass is 28.4. The summed E-state index contributed by atoms with van der Waals surface area (Å²) in [6.45, 7) is 17.1. The number of ether oxygens (including phenoxy) is 2. The molecule has 0 aromatic rings. The highest BCUT2D eigenvalue weighted by Crippen LogP contribution is 2.39. The third-order valence-electron chi connectivity index (χ3n) is 4.96. The van der Waals surface area contributed by atoms with Crippen molar-refractivity contribution in [3.8, 4) is 0 Å². The van der Waals surface area contributed by atoms with Crippen LogP contribution in [0.5, 0.6) is 0 Å². The quantitative estimate of drug-likeness (QED) is 0.556. The highest BCUT2D eigenvalue weighted by molar-refractivity contribution is 6.74. The van der Waals surface area contributed by atoms with Gasteiger partial charge in [-0.3, -0.25) is 4.79 Å². The van der Waals surface area contributed by atoms with E-state index >= 15 is 0 Å². The molecule has 1 rings (SSSR count). The van der Waals surface area contributed by atoms with Gasteiger partial charge in [0.1, 0.15) is 5.60 Å². The molecule has 0 N–H and O–H groups in total. The summed E-state index contributed by atoms with van der Waals surface area (Å²) in [5.74, 6) is -0.822. The van der Waals surface area contributed by atoms with Crippen molar-refractivity contribution in [1.29, 1.82) is 0 Å². The Morgan fingerprint density at radius 1 is 1.08 bits per heavy atom. The fraction of sp³-hybridized carbons (Fsp3) is 0.889. The molecule has 1 fully saturated rings. The van der Waals surface area contributed by atoms with Gasteiger partial charge in [0.2, 0.25) is 0 Å². The van der Waals surface area contributed by atoms with E-state index in [4.69, 9.17) is 13.9 Å². The smallest absolute Gasteiger partial charge is 0.410 e. The van der Waals surface area contributed by atoms with Crippen molar-refractivity contribution in [2.45, 2.75) is 77.8 Å². The van der Waals surface area contributed by atoms with E-state index in [1.807, 2.05) is 20.8 Å². The molecule has 2 atom stereocenters. The van der Waals surface area contributed by atoms with E-state index in [1.165, 1.54) is 7.11 Å². The van der Waals surface area contributed by atoms with Gasteiger partial charge in [0, 0.05) is 13.1 Å². The Balaban J connectivity index is 2.90. The van der Waals surface area contributed by atoms with Gasteiger partial charge in [-0.25, -0.2) is 4.79 Å². The summed E-state index contributed by atoms with van der Waals surface area (Å²) in [6.07, 6.45) is -0.0230. The van der Waals surface area contributed by atoms with Crippen LogP contribution in [-0.4, -0.2) is 57.2 Å². The second-order valence-electron chi connectivity index (χ2n) is 9.26. The number of carbonyl (C=O) groups is 2. The average molecular weight is 374 g/mol. The molecule has 0 aromatic heterocycles. The van der Waals surface area contributed by atoms with Crippen molar-refractivity contribution in [2.24, 2.45) is 5.92 Å². The molecule has 0 spiro atoms. The lowest BCUT2D eigenvalue weighted by molar-refractivity contribution is -0.151. The molecule has 0 bridgehead atoms. The van der Waals surface area contributed by atoms with Crippen molar-refractivity contribution in [3.05, 3.63) is 0 Å². The minimum atomic E-state index is -2.02. The lowest BCUT2D eigenvalue weighted by atomic mass is 9.95. The Bertz CT molecular complexity index is 493. The molecule has 1 amide bonds. The molecule has 25 heavy (non-hydrogen) atoms. The van der Waals surface area contributed by atoms with E-state index in [0.717, 1.165) is 0 Å². The zero-order valence-electron chi connectivity index (χ0n) is 17.3. The van der Waals surface area contributed by atoms with Gasteiger partial charge in [0.05, 0.1) is 19.1 Å². The minimum absolute atomic E-state index is 0.0516. The number of nitrogens with zero attached hydrogens (tertiary/aromatic N) is 1. The van der Waals surface area contributed by atoms with Gasteiger partial charge in [-0.15, -0.1) is 0 Å². The first-order valence-electron chi connectivity index (χ1n) is 8.91. The largest absolute Gasteiger partial charge is 0.469 e. The third-order valence-corrected chi connectivity index (χ3v) is 9.46. The van der Waals surface area contributed by atoms with Crippen LogP contribution < -0.4 is 0 Å². The van der Waals surface area contributed by atoms with Gasteiger partial charge >= 0.3 is 12.1 Å². The van der Waals surface area contributed by atoms with E-state index < -0.39 is 25.9 Å². The number of esters is 1. The fourth-order valence-electron chi connectivity index (χ4n) is 2.50. The van der Waals surface area contributed by atoms with Crippen LogP contribution in [0.25, 0.3) is 0 Å². The topological polar surface area (TPSA) is 65.1 Å². The second-order valence-corrected chi connectivity index (χ2v) is 14.0. The van der Waals surface area contributed by atoms with E-state index in [2.05, 4.69) is 33.9 Å². The van der Waals surface area contributed by atoms with Crippen LogP contribution in [0.15, 0.2) is 0 Å². The maximum atomic E-state index is 12.3. The molecular formula is C18H35NO5Si. The summed E-state index contributed by atoms with van der Waals surface area (Å²) in [5.41, 5.74) is -0.563. The summed E-state index contributed by atoms with van der Waals surface area (Å²) in [6, 6.07) is 0. The average Bonchev–Trinajstić information content (AvgIpc) is 2.43. The zero-order valence-corrected chi connectivity index (χ0v) is 18.3. The summed E-state index contributed by atoms with van der Waals surface area (Å²) in [7, 11) is -0.649. The van der Waals surface area contributed by atoms with Gasteiger partial charge in [-0.1, -0.05) is 20.8 Å². The van der Waals surface area contributed by atoms with Crippen molar-refractivity contribution in [2.75, 3.05) is 20.2 Å². The van der Waals surface area contributed by atoms with Crippen LogP contribution in [0.2, 0.25) is 18.1 Å². The molecule has 1 saturated heterocycles. The molecule has 0 radical (unpaired) electrons. The molecule has 6 nitrogen and oxygen atoms in total. The molecule has 1 aliphatic rings. The number of hydrogen-bond acceptors (Lipinski definition) is 5. The predicted octanol–water partition coefficient (Wildman–Crippen LogP) is 3.81. The number of amides is 1. The van der Waals surface area contributed by atoms with Crippen molar-refractivity contribution in [1.82, 2.24) is 4.90 Å². The maximum Gasteiger partial charge on any atom is 0.410 e. The normalized spacial score (nSPS) is 22.5. The maximum absolute atomic E-state index is 12.3. The standard InChI is InChI=1S/C18H35NO5Si/c1-17(2,3)23-16(21)19-11-10-14(13(12-19)15(20)22-7)24-25(8,9)18(4,5)6/h13-14H,10-12H2,1-9H3/t13-,14-/m0/s1. The fourth-order valence-corrected chi connectivity index (χ4v) is 3.89. The van der Waals surface area contributed by atoms with Crippen LogP contribution in [0, 0.1) is 5.92 Å². The summed E-state index contributed by atoms with van der Waals surface area (Å²) in [5, 5.41) is 0.0516. The zero-order chi connectivity index (χ0) is 19.6. The van der Waals surface area contributed by atoms with Crippen LogP contribution in [0.3, 0.4) is 0 Å². The summed E-state index contributed by atoms with van der Waals surface area (Å²) in [4.78, 5) is 26.2. The Labute approximate surface area is 153 Å². The van der Waals surface area contributed by atoms with Gasteiger partial charge in [-0.2, -0.15) is 0 Å². The van der Waals surface area contributed by atoms with Crippen LogP contribution in [-0.2, 0) is 18.7 Å². The lowest BCUT2D eigenvalue weighted by Crippen LogP contribution is -2.55. The van der Waals surface area contributed by atoms with Crippen molar-refractivity contribution in [3.63, 3.8) is 0 Å². The lowest BCUT2D eigenvalue weighted by Gasteiger charge is -2.44. The monoisotopic (exact) mass is 373 g/mol. The molecule has 1 aliphatic heterocycles. The molecule has 146 valence electrons. The Hall–Kier alpha value is -1.08. The highest BCUT2D eigenvalue weighted by Gasteiger charge is 2.45. The first kappa shape index (κ1) is 22.0. The predicted molar refractivity (Wildman–Crippen MR) is 100 cm³/mol. The number of rotatable bonds is 3. The van der Waals surface area contributed by atoms with Crippen LogP contribution in [0.4, 0.5) is 4.79 Å². The van der Waals surface area contributed by atoms with Gasteiger partial charge in [0.15, 0.2) is 8.32 Å². The van der Waals surface area contributed by atoms with Gasteiger partial charge in [0.25, 0.3) is 0 Å². The van der Waals surface area contributed by atoms with E-state index in [1.54, 1.807) is 4.90 Å². The second kappa shape index (κ2) is 7.66. The molecule has 1 heterocycles. The first-order valence-corrected chi connectivity index (χ1v) is 11.8. The number of methoxy groups -OCH3 is 1. The summed E-state index contributed by atoms with van der Waals surface area (Å²) >= 11 is 0. The van der Waals surface area contributed by atoms with Crippen LogP contribution >= 0.6 is 0 Å². The number of piperidine rings is 1. The SMILES string of the molecule is COC(=O)[C@H]1CN(C(=O)OC(C)(C)C)CC[C@@H]1O[Si](C)(C)C(C)(C)C. The molecule has 0 unspecified atom stereocenters. The Morgan fingerprint density at radius 3 is 2.08 bits per heavy atom. The Kier molecular flexibility index (Phi) is 6.73. The molecular weight excluding hydrogens is 338 g/mol. The number of carbonyl (C=O) groups excluding carboxylic acids is 2. The third kappa shape index (κ3) is 5.99. The first-order chi connectivity index (χ1) is 11.2. The van der Waals surface area contributed by atoms with Gasteiger partial charge < -0.3 is 18.8 Å². The minimum Gasteiger partial charge on any atom is -0.469 e. The number of likely N-dealkylation sites (tertiary alicyclic amines) is 1. The van der Waals surface area contributed by atoms with E-state index in [-0.39, 0.29) is 23.7 Å². The molecule has 0 saturated carbocycles. The van der Waals surface area contributed by atoms with Crippen molar-refractivity contribution < 1.29 is 23.5 Å². The van der Waals surface area contributed by atoms with Crippen LogP contribution in [0.1, 0.15) is 48.0 Å². The molecule has 0 aromatic carbocycles. The van der Waals surface area contributed by atoms with E-state index in [9.17, 15) is 9.59 Å². The molecule has 7 heteroatoms. The van der Waals surface area contributed by atoms with Crippen molar-refractivity contribution >= 4 is 20.4 Å². The van der Waals surface area contributed by atoms with Gasteiger partial charge in [-0.05, 0) is 45.3 Å².